The summed E-state index contributed by atoms with van der Waals surface area (Å²) in [6, 6.07) is 0.491. The molecule has 5 nitrogen and oxygen atoms in total. The third kappa shape index (κ3) is 3.17. The first-order valence-electron chi connectivity index (χ1n) is 9.83. The van der Waals surface area contributed by atoms with Crippen LogP contribution in [0.5, 0.6) is 0 Å². The van der Waals surface area contributed by atoms with E-state index in [1.54, 1.807) is 0 Å². The summed E-state index contributed by atoms with van der Waals surface area (Å²) in [5.74, 6) is 2.52. The van der Waals surface area contributed by atoms with E-state index >= 15 is 0 Å². The average Bonchev–Trinajstić information content (AvgIpc) is 3.21. The van der Waals surface area contributed by atoms with Gasteiger partial charge in [-0.25, -0.2) is 0 Å². The van der Waals surface area contributed by atoms with Crippen LogP contribution in [0, 0.1) is 17.3 Å². The molecule has 4 atom stereocenters. The maximum Gasteiger partial charge on any atom is 0.193 e. The molecule has 1 N–H and O–H groups in total. The van der Waals surface area contributed by atoms with Crippen LogP contribution < -0.4 is 5.32 Å². The minimum absolute atomic E-state index is 0.206. The van der Waals surface area contributed by atoms with Gasteiger partial charge in [0.1, 0.15) is 0 Å². The Balaban J connectivity index is 1.56. The molecular weight excluding hydrogens is 300 g/mol. The summed E-state index contributed by atoms with van der Waals surface area (Å²) >= 11 is 0. The quantitative estimate of drug-likeness (QED) is 0.616. The molecule has 4 unspecified atom stereocenters. The first-order valence-corrected chi connectivity index (χ1v) is 9.83. The normalized spacial score (nSPS) is 35.2. The molecule has 0 radical (unpaired) electrons. The lowest BCUT2D eigenvalue weighted by Gasteiger charge is -2.55. The molecule has 0 aromatic rings. The number of hydrogen-bond donors (Lipinski definition) is 1. The van der Waals surface area contributed by atoms with Gasteiger partial charge in [-0.1, -0.05) is 27.7 Å². The van der Waals surface area contributed by atoms with Crippen molar-refractivity contribution in [1.82, 2.24) is 15.1 Å². The van der Waals surface area contributed by atoms with Gasteiger partial charge in [-0.3, -0.25) is 4.99 Å². The van der Waals surface area contributed by atoms with Crippen molar-refractivity contribution >= 4 is 5.96 Å². The predicted octanol–water partition coefficient (Wildman–Crippen LogP) is 2.04. The average molecular weight is 337 g/mol. The Labute approximate surface area is 147 Å². The topological polar surface area (TPSA) is 40.1 Å². The molecule has 0 bridgehead atoms. The fourth-order valence-corrected chi connectivity index (χ4v) is 5.07. The van der Waals surface area contributed by atoms with Gasteiger partial charge in [-0.15, -0.1) is 0 Å². The van der Waals surface area contributed by atoms with Crippen LogP contribution in [0.15, 0.2) is 4.99 Å². The molecule has 3 aliphatic rings. The van der Waals surface area contributed by atoms with E-state index in [1.165, 1.54) is 19.4 Å². The molecular formula is C19H36N4O. The van der Waals surface area contributed by atoms with Gasteiger partial charge in [0.15, 0.2) is 5.96 Å². The van der Waals surface area contributed by atoms with Gasteiger partial charge in [-0.05, 0) is 31.8 Å². The molecule has 2 saturated heterocycles. The standard InChI is InChI=1S/C19H36N4O/c1-6-22(7-2)12-14-8-10-23(13-14)18(20-5)21-16-15-9-11-24-17(15)19(16,3)4/h14-17H,6-13H2,1-5H3,(H,20,21). The molecule has 2 aliphatic heterocycles. The number of nitrogens with one attached hydrogen (secondary N) is 1. The van der Waals surface area contributed by atoms with Crippen molar-refractivity contribution in [3.05, 3.63) is 0 Å². The fraction of sp³-hybridized carbons (Fsp3) is 0.947. The van der Waals surface area contributed by atoms with Gasteiger partial charge in [0.05, 0.1) is 6.10 Å². The van der Waals surface area contributed by atoms with E-state index < -0.39 is 0 Å². The van der Waals surface area contributed by atoms with Crippen LogP contribution in [0.3, 0.4) is 0 Å². The Hall–Kier alpha value is -0.810. The highest BCUT2D eigenvalue weighted by Gasteiger charge is 2.59. The number of fused-ring (bicyclic) bond motifs is 1. The summed E-state index contributed by atoms with van der Waals surface area (Å²) in [5.41, 5.74) is 0.206. The first kappa shape index (κ1) is 18.0. The number of nitrogens with zero attached hydrogens (tertiary/aromatic N) is 3. The smallest absolute Gasteiger partial charge is 0.193 e. The third-order valence-electron chi connectivity index (χ3n) is 6.59. The van der Waals surface area contributed by atoms with Crippen LogP contribution in [0.1, 0.15) is 40.5 Å². The van der Waals surface area contributed by atoms with E-state index in [-0.39, 0.29) is 5.41 Å². The van der Waals surface area contributed by atoms with E-state index in [0.29, 0.717) is 18.1 Å². The highest BCUT2D eigenvalue weighted by molar-refractivity contribution is 5.80. The van der Waals surface area contributed by atoms with Gasteiger partial charge >= 0.3 is 0 Å². The van der Waals surface area contributed by atoms with Crippen LogP contribution in [-0.2, 0) is 4.74 Å². The van der Waals surface area contributed by atoms with Crippen LogP contribution in [0.25, 0.3) is 0 Å². The van der Waals surface area contributed by atoms with Gasteiger partial charge in [-0.2, -0.15) is 0 Å². The van der Waals surface area contributed by atoms with Crippen molar-refractivity contribution in [1.29, 1.82) is 0 Å². The maximum absolute atomic E-state index is 5.92. The number of aliphatic imine (C=N–C) groups is 1. The van der Waals surface area contributed by atoms with E-state index in [9.17, 15) is 0 Å². The SMILES string of the molecule is CCN(CC)CC1CCN(C(=NC)NC2C3CCOC3C2(C)C)C1. The first-order chi connectivity index (χ1) is 11.5. The number of likely N-dealkylation sites (tertiary alicyclic amines) is 1. The number of hydrogen-bond acceptors (Lipinski definition) is 3. The lowest BCUT2D eigenvalue weighted by atomic mass is 9.57. The van der Waals surface area contributed by atoms with Crippen molar-refractivity contribution in [2.24, 2.45) is 22.2 Å². The maximum atomic E-state index is 5.92. The zero-order valence-electron chi connectivity index (χ0n) is 16.2. The van der Waals surface area contributed by atoms with Crippen molar-refractivity contribution < 1.29 is 4.74 Å². The lowest BCUT2D eigenvalue weighted by Crippen LogP contribution is -2.68. The molecule has 138 valence electrons. The molecule has 0 amide bonds. The van der Waals surface area contributed by atoms with Gasteiger partial charge in [0.25, 0.3) is 0 Å². The second kappa shape index (κ2) is 7.20. The highest BCUT2D eigenvalue weighted by atomic mass is 16.5. The third-order valence-corrected chi connectivity index (χ3v) is 6.59. The van der Waals surface area contributed by atoms with E-state index in [4.69, 9.17) is 4.74 Å². The summed E-state index contributed by atoms with van der Waals surface area (Å²) in [7, 11) is 1.92. The predicted molar refractivity (Wildman–Crippen MR) is 99.4 cm³/mol. The second-order valence-electron chi connectivity index (χ2n) is 8.32. The van der Waals surface area contributed by atoms with Crippen molar-refractivity contribution in [2.75, 3.05) is 46.4 Å². The van der Waals surface area contributed by atoms with Gasteiger partial charge in [0.2, 0.25) is 0 Å². The summed E-state index contributed by atoms with van der Waals surface area (Å²) in [5, 5.41) is 3.79. The molecule has 2 heterocycles. The molecule has 3 fully saturated rings. The van der Waals surface area contributed by atoms with Crippen molar-refractivity contribution in [3.63, 3.8) is 0 Å². The largest absolute Gasteiger partial charge is 0.377 e. The monoisotopic (exact) mass is 336 g/mol. The molecule has 5 heteroatoms. The Kier molecular flexibility index (Phi) is 5.40. The zero-order valence-corrected chi connectivity index (χ0v) is 16.2. The van der Waals surface area contributed by atoms with E-state index in [0.717, 1.165) is 44.7 Å². The van der Waals surface area contributed by atoms with Gasteiger partial charge < -0.3 is 19.9 Å². The molecule has 24 heavy (non-hydrogen) atoms. The van der Waals surface area contributed by atoms with Crippen molar-refractivity contribution in [2.45, 2.75) is 52.7 Å². The molecule has 0 aromatic heterocycles. The minimum atomic E-state index is 0.206. The number of guanidine groups is 1. The van der Waals surface area contributed by atoms with Crippen molar-refractivity contribution in [3.8, 4) is 0 Å². The summed E-state index contributed by atoms with van der Waals surface area (Å²) in [6.45, 7) is 15.9. The Morgan fingerprint density at radius 2 is 2.04 bits per heavy atom. The van der Waals surface area contributed by atoms with E-state index in [2.05, 4.69) is 47.8 Å². The van der Waals surface area contributed by atoms with Crippen LogP contribution >= 0.6 is 0 Å². The van der Waals surface area contributed by atoms with Gasteiger partial charge in [0, 0.05) is 50.7 Å². The highest BCUT2D eigenvalue weighted by Crippen LogP contribution is 2.52. The minimum Gasteiger partial charge on any atom is -0.377 e. The molecule has 1 aliphatic carbocycles. The summed E-state index contributed by atoms with van der Waals surface area (Å²) < 4.78 is 5.92. The molecule has 1 saturated carbocycles. The molecule has 3 rings (SSSR count). The Morgan fingerprint density at radius 1 is 1.29 bits per heavy atom. The zero-order chi connectivity index (χ0) is 17.3. The molecule has 0 spiro atoms. The summed E-state index contributed by atoms with van der Waals surface area (Å²) in [4.78, 5) is 9.61. The van der Waals surface area contributed by atoms with E-state index in [1.807, 2.05) is 7.05 Å². The van der Waals surface area contributed by atoms with Crippen LogP contribution in [-0.4, -0.2) is 74.3 Å². The Bertz CT molecular complexity index is 460. The Morgan fingerprint density at radius 3 is 2.71 bits per heavy atom. The fourth-order valence-electron chi connectivity index (χ4n) is 5.07. The number of rotatable bonds is 5. The van der Waals surface area contributed by atoms with Crippen LogP contribution in [0.2, 0.25) is 0 Å². The molecule has 0 aromatic carbocycles. The lowest BCUT2D eigenvalue weighted by molar-refractivity contribution is -0.107. The summed E-state index contributed by atoms with van der Waals surface area (Å²) in [6.07, 6.45) is 2.90. The number of ether oxygens (including phenoxy) is 1. The second-order valence-corrected chi connectivity index (χ2v) is 8.32. The van der Waals surface area contributed by atoms with Crippen LogP contribution in [0.4, 0.5) is 0 Å².